The van der Waals surface area contributed by atoms with E-state index in [0.29, 0.717) is 11.4 Å². The highest BCUT2D eigenvalue weighted by atomic mass is 35.5. The SMILES string of the molecule is CC1CCN(C(=O)Cc2cccc(Cl)c2)CC1. The molecule has 0 spiro atoms. The van der Waals surface area contributed by atoms with Crippen LogP contribution in [0.4, 0.5) is 0 Å². The van der Waals surface area contributed by atoms with Crippen LogP contribution in [-0.2, 0) is 11.2 Å². The Balaban J connectivity index is 1.93. The zero-order valence-corrected chi connectivity index (χ0v) is 10.9. The number of amides is 1. The Morgan fingerprint density at radius 2 is 2.12 bits per heavy atom. The molecule has 1 saturated heterocycles. The second kappa shape index (κ2) is 5.54. The molecule has 1 amide bonds. The van der Waals surface area contributed by atoms with Gasteiger partial charge in [0.25, 0.3) is 0 Å². The first kappa shape index (κ1) is 12.4. The van der Waals surface area contributed by atoms with E-state index in [1.54, 1.807) is 0 Å². The van der Waals surface area contributed by atoms with Gasteiger partial charge < -0.3 is 4.90 Å². The fourth-order valence-corrected chi connectivity index (χ4v) is 2.40. The number of carbonyl (C=O) groups is 1. The molecule has 1 heterocycles. The van der Waals surface area contributed by atoms with Crippen LogP contribution in [0.25, 0.3) is 0 Å². The Bertz CT molecular complexity index is 397. The summed E-state index contributed by atoms with van der Waals surface area (Å²) in [4.78, 5) is 14.0. The summed E-state index contributed by atoms with van der Waals surface area (Å²) >= 11 is 5.91. The van der Waals surface area contributed by atoms with Crippen molar-refractivity contribution >= 4 is 17.5 Å². The van der Waals surface area contributed by atoms with Crippen LogP contribution >= 0.6 is 11.6 Å². The van der Waals surface area contributed by atoms with Crippen molar-refractivity contribution in [3.8, 4) is 0 Å². The van der Waals surface area contributed by atoms with Crippen molar-refractivity contribution in [3.63, 3.8) is 0 Å². The van der Waals surface area contributed by atoms with Crippen LogP contribution in [0.2, 0.25) is 5.02 Å². The molecule has 0 N–H and O–H groups in total. The third-order valence-corrected chi connectivity index (χ3v) is 3.62. The second-order valence-corrected chi connectivity index (χ2v) is 5.31. The molecule has 0 atom stereocenters. The van der Waals surface area contributed by atoms with Gasteiger partial charge in [-0.1, -0.05) is 30.7 Å². The molecule has 1 fully saturated rings. The zero-order chi connectivity index (χ0) is 12.3. The maximum Gasteiger partial charge on any atom is 0.226 e. The van der Waals surface area contributed by atoms with E-state index in [0.717, 1.165) is 37.4 Å². The maximum absolute atomic E-state index is 12.1. The van der Waals surface area contributed by atoms with Crippen LogP contribution < -0.4 is 0 Å². The van der Waals surface area contributed by atoms with Crippen molar-refractivity contribution in [1.29, 1.82) is 0 Å². The van der Waals surface area contributed by atoms with E-state index < -0.39 is 0 Å². The Labute approximate surface area is 108 Å². The first-order chi connectivity index (χ1) is 8.15. The summed E-state index contributed by atoms with van der Waals surface area (Å²) in [5.41, 5.74) is 1.00. The van der Waals surface area contributed by atoms with E-state index in [9.17, 15) is 4.79 Å². The highest BCUT2D eigenvalue weighted by Crippen LogP contribution is 2.17. The standard InChI is InChI=1S/C14H18ClNO/c1-11-5-7-16(8-6-11)14(17)10-12-3-2-4-13(15)9-12/h2-4,9,11H,5-8,10H2,1H3. The van der Waals surface area contributed by atoms with Gasteiger partial charge in [-0.3, -0.25) is 4.79 Å². The van der Waals surface area contributed by atoms with E-state index in [2.05, 4.69) is 6.92 Å². The van der Waals surface area contributed by atoms with Gasteiger partial charge in [0.15, 0.2) is 0 Å². The molecule has 1 aliphatic heterocycles. The predicted octanol–water partition coefficient (Wildman–Crippen LogP) is 3.14. The minimum atomic E-state index is 0.221. The molecule has 0 unspecified atom stereocenters. The largest absolute Gasteiger partial charge is 0.342 e. The molecular weight excluding hydrogens is 234 g/mol. The Kier molecular flexibility index (Phi) is 4.06. The molecule has 1 aromatic carbocycles. The van der Waals surface area contributed by atoms with Crippen LogP contribution in [0.5, 0.6) is 0 Å². The topological polar surface area (TPSA) is 20.3 Å². The summed E-state index contributed by atoms with van der Waals surface area (Å²) in [7, 11) is 0. The third-order valence-electron chi connectivity index (χ3n) is 3.38. The molecular formula is C14H18ClNO. The lowest BCUT2D eigenvalue weighted by atomic mass is 9.98. The van der Waals surface area contributed by atoms with Crippen molar-refractivity contribution in [2.24, 2.45) is 5.92 Å². The average Bonchev–Trinajstić information content (AvgIpc) is 2.29. The third kappa shape index (κ3) is 3.47. The molecule has 0 aromatic heterocycles. The van der Waals surface area contributed by atoms with Gasteiger partial charge >= 0.3 is 0 Å². The zero-order valence-electron chi connectivity index (χ0n) is 10.2. The normalized spacial score (nSPS) is 17.2. The van der Waals surface area contributed by atoms with Crippen molar-refractivity contribution in [2.45, 2.75) is 26.2 Å². The summed E-state index contributed by atoms with van der Waals surface area (Å²) in [6.07, 6.45) is 2.72. The molecule has 0 saturated carbocycles. The average molecular weight is 252 g/mol. The maximum atomic E-state index is 12.1. The second-order valence-electron chi connectivity index (χ2n) is 4.87. The van der Waals surface area contributed by atoms with E-state index in [4.69, 9.17) is 11.6 Å². The van der Waals surface area contributed by atoms with Gasteiger partial charge in [-0.2, -0.15) is 0 Å². The first-order valence-electron chi connectivity index (χ1n) is 6.17. The van der Waals surface area contributed by atoms with Crippen molar-refractivity contribution in [2.75, 3.05) is 13.1 Å². The molecule has 92 valence electrons. The summed E-state index contributed by atoms with van der Waals surface area (Å²) in [6.45, 7) is 4.06. The van der Waals surface area contributed by atoms with Gasteiger partial charge in [0.1, 0.15) is 0 Å². The van der Waals surface area contributed by atoms with E-state index in [-0.39, 0.29) is 5.91 Å². The Morgan fingerprint density at radius 3 is 2.76 bits per heavy atom. The quantitative estimate of drug-likeness (QED) is 0.791. The van der Waals surface area contributed by atoms with E-state index in [1.807, 2.05) is 29.2 Å². The predicted molar refractivity (Wildman–Crippen MR) is 70.1 cm³/mol. The molecule has 1 aromatic rings. The fourth-order valence-electron chi connectivity index (χ4n) is 2.19. The van der Waals surface area contributed by atoms with Gasteiger partial charge in [-0.05, 0) is 36.5 Å². The molecule has 1 aliphatic rings. The highest BCUT2D eigenvalue weighted by Gasteiger charge is 2.20. The van der Waals surface area contributed by atoms with Crippen LogP contribution in [0.15, 0.2) is 24.3 Å². The molecule has 0 aliphatic carbocycles. The number of carbonyl (C=O) groups excluding carboxylic acids is 1. The van der Waals surface area contributed by atoms with Gasteiger partial charge in [-0.15, -0.1) is 0 Å². The van der Waals surface area contributed by atoms with Gasteiger partial charge in [0.05, 0.1) is 6.42 Å². The van der Waals surface area contributed by atoms with Crippen LogP contribution in [-0.4, -0.2) is 23.9 Å². The summed E-state index contributed by atoms with van der Waals surface area (Å²) in [6, 6.07) is 7.55. The molecule has 0 bridgehead atoms. The van der Waals surface area contributed by atoms with Crippen LogP contribution in [0, 0.1) is 5.92 Å². The van der Waals surface area contributed by atoms with Gasteiger partial charge in [0, 0.05) is 18.1 Å². The lowest BCUT2D eigenvalue weighted by Gasteiger charge is -2.30. The lowest BCUT2D eigenvalue weighted by Crippen LogP contribution is -2.38. The minimum Gasteiger partial charge on any atom is -0.342 e. The van der Waals surface area contributed by atoms with Crippen molar-refractivity contribution < 1.29 is 4.79 Å². The lowest BCUT2D eigenvalue weighted by molar-refractivity contribution is -0.131. The summed E-state index contributed by atoms with van der Waals surface area (Å²) in [5, 5.41) is 0.697. The number of rotatable bonds is 2. The number of likely N-dealkylation sites (tertiary alicyclic amines) is 1. The molecule has 2 nitrogen and oxygen atoms in total. The number of benzene rings is 1. The Morgan fingerprint density at radius 1 is 1.41 bits per heavy atom. The van der Waals surface area contributed by atoms with Crippen molar-refractivity contribution in [1.82, 2.24) is 4.90 Å². The minimum absolute atomic E-state index is 0.221. The number of halogens is 1. The molecule has 3 heteroatoms. The van der Waals surface area contributed by atoms with E-state index in [1.165, 1.54) is 0 Å². The monoisotopic (exact) mass is 251 g/mol. The molecule has 2 rings (SSSR count). The summed E-state index contributed by atoms with van der Waals surface area (Å²) < 4.78 is 0. The smallest absolute Gasteiger partial charge is 0.226 e. The number of hydrogen-bond acceptors (Lipinski definition) is 1. The van der Waals surface area contributed by atoms with Gasteiger partial charge in [0.2, 0.25) is 5.91 Å². The Hall–Kier alpha value is -1.02. The fraction of sp³-hybridized carbons (Fsp3) is 0.500. The van der Waals surface area contributed by atoms with Crippen molar-refractivity contribution in [3.05, 3.63) is 34.9 Å². The number of piperidine rings is 1. The number of hydrogen-bond donors (Lipinski definition) is 0. The number of nitrogens with zero attached hydrogens (tertiary/aromatic N) is 1. The van der Waals surface area contributed by atoms with Gasteiger partial charge in [-0.25, -0.2) is 0 Å². The van der Waals surface area contributed by atoms with E-state index >= 15 is 0 Å². The van der Waals surface area contributed by atoms with Crippen LogP contribution in [0.1, 0.15) is 25.3 Å². The highest BCUT2D eigenvalue weighted by molar-refractivity contribution is 6.30. The first-order valence-corrected chi connectivity index (χ1v) is 6.55. The summed E-state index contributed by atoms with van der Waals surface area (Å²) in [5.74, 6) is 0.976. The molecule has 0 radical (unpaired) electrons. The van der Waals surface area contributed by atoms with Crippen LogP contribution in [0.3, 0.4) is 0 Å². The molecule has 17 heavy (non-hydrogen) atoms.